The molecule has 0 aliphatic carbocycles. The number of carboxylic acids is 1. The molecule has 4 nitrogen and oxygen atoms in total. The van der Waals surface area contributed by atoms with Crippen LogP contribution in [0.15, 0.2) is 36.4 Å². The SMILES string of the molecule is Cc1ccc(Oc2cccc(C(=O)O)c2N)cc1F. The molecule has 0 aromatic heterocycles. The second-order valence-corrected chi connectivity index (χ2v) is 4.04. The van der Waals surface area contributed by atoms with Gasteiger partial charge in [-0.15, -0.1) is 0 Å². The van der Waals surface area contributed by atoms with Crippen molar-refractivity contribution in [1.29, 1.82) is 0 Å². The van der Waals surface area contributed by atoms with E-state index in [1.165, 1.54) is 24.3 Å². The molecule has 3 N–H and O–H groups in total. The van der Waals surface area contributed by atoms with Crippen molar-refractivity contribution in [3.05, 3.63) is 53.3 Å². The molecular weight excluding hydrogens is 249 g/mol. The molecule has 0 heterocycles. The van der Waals surface area contributed by atoms with Crippen LogP contribution in [0.4, 0.5) is 10.1 Å². The first kappa shape index (κ1) is 12.9. The lowest BCUT2D eigenvalue weighted by molar-refractivity contribution is 0.0697. The molecule has 0 spiro atoms. The van der Waals surface area contributed by atoms with Gasteiger partial charge in [-0.25, -0.2) is 9.18 Å². The maximum atomic E-state index is 13.4. The van der Waals surface area contributed by atoms with E-state index in [0.29, 0.717) is 5.56 Å². The number of halogens is 1. The number of aryl methyl sites for hydroxylation is 1. The highest BCUT2D eigenvalue weighted by atomic mass is 19.1. The zero-order valence-electron chi connectivity index (χ0n) is 10.2. The predicted octanol–water partition coefficient (Wildman–Crippen LogP) is 3.21. The Morgan fingerprint density at radius 2 is 2.05 bits per heavy atom. The molecule has 0 saturated heterocycles. The van der Waals surface area contributed by atoms with Crippen LogP contribution in [0.25, 0.3) is 0 Å². The van der Waals surface area contributed by atoms with Crippen molar-refractivity contribution in [2.24, 2.45) is 0 Å². The maximum Gasteiger partial charge on any atom is 0.337 e. The Hall–Kier alpha value is -2.56. The van der Waals surface area contributed by atoms with Crippen LogP contribution in [0.1, 0.15) is 15.9 Å². The van der Waals surface area contributed by atoms with Gasteiger partial charge in [0.2, 0.25) is 0 Å². The minimum absolute atomic E-state index is 0.0102. The fourth-order valence-corrected chi connectivity index (χ4v) is 1.58. The molecule has 0 fully saturated rings. The van der Waals surface area contributed by atoms with Gasteiger partial charge in [0.05, 0.1) is 11.3 Å². The Labute approximate surface area is 109 Å². The Balaban J connectivity index is 2.35. The molecule has 0 aliphatic heterocycles. The molecule has 0 radical (unpaired) electrons. The first-order valence-electron chi connectivity index (χ1n) is 5.55. The molecule has 19 heavy (non-hydrogen) atoms. The van der Waals surface area contributed by atoms with E-state index in [2.05, 4.69) is 0 Å². The van der Waals surface area contributed by atoms with Gasteiger partial charge in [-0.3, -0.25) is 0 Å². The summed E-state index contributed by atoms with van der Waals surface area (Å²) in [4.78, 5) is 10.9. The normalized spacial score (nSPS) is 10.2. The Morgan fingerprint density at radius 3 is 2.68 bits per heavy atom. The minimum atomic E-state index is -1.14. The van der Waals surface area contributed by atoms with Crippen LogP contribution in [0.2, 0.25) is 0 Å². The van der Waals surface area contributed by atoms with Gasteiger partial charge in [0.1, 0.15) is 11.6 Å². The molecule has 2 aromatic rings. The quantitative estimate of drug-likeness (QED) is 0.832. The summed E-state index contributed by atoms with van der Waals surface area (Å²) in [5, 5.41) is 8.94. The van der Waals surface area contributed by atoms with Crippen molar-refractivity contribution < 1.29 is 19.0 Å². The third-order valence-electron chi connectivity index (χ3n) is 2.67. The zero-order valence-corrected chi connectivity index (χ0v) is 10.2. The van der Waals surface area contributed by atoms with Gasteiger partial charge < -0.3 is 15.6 Å². The van der Waals surface area contributed by atoms with Crippen molar-refractivity contribution in [2.75, 3.05) is 5.73 Å². The molecule has 0 saturated carbocycles. The smallest absolute Gasteiger partial charge is 0.337 e. The van der Waals surface area contributed by atoms with Gasteiger partial charge in [-0.2, -0.15) is 0 Å². The summed E-state index contributed by atoms with van der Waals surface area (Å²) in [6, 6.07) is 8.80. The van der Waals surface area contributed by atoms with Gasteiger partial charge in [-0.05, 0) is 30.7 Å². The largest absolute Gasteiger partial charge is 0.478 e. The summed E-state index contributed by atoms with van der Waals surface area (Å²) >= 11 is 0. The number of nitrogens with two attached hydrogens (primary N) is 1. The standard InChI is InChI=1S/C14H12FNO3/c1-8-5-6-9(7-11(8)15)19-12-4-2-3-10(13(12)16)14(17)18/h2-7H,16H2,1H3,(H,17,18). The second kappa shape index (κ2) is 4.97. The summed E-state index contributed by atoms with van der Waals surface area (Å²) in [6.45, 7) is 1.64. The lowest BCUT2D eigenvalue weighted by atomic mass is 10.1. The number of benzene rings is 2. The van der Waals surface area contributed by atoms with Crippen LogP contribution >= 0.6 is 0 Å². The molecular formula is C14H12FNO3. The van der Waals surface area contributed by atoms with Gasteiger partial charge in [0.15, 0.2) is 5.75 Å². The molecule has 2 rings (SSSR count). The molecule has 0 bridgehead atoms. The number of ether oxygens (including phenoxy) is 1. The number of aromatic carboxylic acids is 1. The van der Waals surface area contributed by atoms with Crippen LogP contribution in [-0.2, 0) is 0 Å². The van der Waals surface area contributed by atoms with Gasteiger partial charge in [0, 0.05) is 6.07 Å². The maximum absolute atomic E-state index is 13.4. The fraction of sp³-hybridized carbons (Fsp3) is 0.0714. The van der Waals surface area contributed by atoms with Crippen LogP contribution in [-0.4, -0.2) is 11.1 Å². The highest BCUT2D eigenvalue weighted by molar-refractivity contribution is 5.95. The number of hydrogen-bond acceptors (Lipinski definition) is 3. The molecule has 0 aliphatic rings. The first-order chi connectivity index (χ1) is 8.99. The Bertz CT molecular complexity index is 641. The van der Waals surface area contributed by atoms with E-state index in [1.54, 1.807) is 19.1 Å². The summed E-state index contributed by atoms with van der Waals surface area (Å²) in [7, 11) is 0. The second-order valence-electron chi connectivity index (χ2n) is 4.04. The lowest BCUT2D eigenvalue weighted by Crippen LogP contribution is -2.03. The minimum Gasteiger partial charge on any atom is -0.478 e. The van der Waals surface area contributed by atoms with Crippen LogP contribution in [0.5, 0.6) is 11.5 Å². The van der Waals surface area contributed by atoms with E-state index in [9.17, 15) is 9.18 Å². The van der Waals surface area contributed by atoms with E-state index in [-0.39, 0.29) is 22.7 Å². The molecule has 2 aromatic carbocycles. The molecule has 5 heteroatoms. The number of rotatable bonds is 3. The predicted molar refractivity (Wildman–Crippen MR) is 69.0 cm³/mol. The third-order valence-corrected chi connectivity index (χ3v) is 2.67. The van der Waals surface area contributed by atoms with Crippen LogP contribution < -0.4 is 10.5 Å². The summed E-state index contributed by atoms with van der Waals surface area (Å²) < 4.78 is 18.8. The highest BCUT2D eigenvalue weighted by Gasteiger charge is 2.12. The van der Waals surface area contributed by atoms with E-state index >= 15 is 0 Å². The highest BCUT2D eigenvalue weighted by Crippen LogP contribution is 2.30. The van der Waals surface area contributed by atoms with Crippen molar-refractivity contribution in [1.82, 2.24) is 0 Å². The average Bonchev–Trinajstić information content (AvgIpc) is 2.36. The number of carboxylic acid groups (broad SMARTS) is 1. The first-order valence-corrected chi connectivity index (χ1v) is 5.55. The molecule has 98 valence electrons. The van der Waals surface area contributed by atoms with Gasteiger partial charge >= 0.3 is 5.97 Å². The third kappa shape index (κ3) is 2.65. The van der Waals surface area contributed by atoms with Crippen LogP contribution in [0, 0.1) is 12.7 Å². The van der Waals surface area contributed by atoms with E-state index in [4.69, 9.17) is 15.6 Å². The number of para-hydroxylation sites is 1. The van der Waals surface area contributed by atoms with Gasteiger partial charge in [0.25, 0.3) is 0 Å². The number of anilines is 1. The van der Waals surface area contributed by atoms with Crippen molar-refractivity contribution >= 4 is 11.7 Å². The summed E-state index contributed by atoms with van der Waals surface area (Å²) in [6.07, 6.45) is 0. The number of hydrogen-bond donors (Lipinski definition) is 2. The fourth-order valence-electron chi connectivity index (χ4n) is 1.58. The molecule has 0 amide bonds. The van der Waals surface area contributed by atoms with E-state index in [0.717, 1.165) is 0 Å². The summed E-state index contributed by atoms with van der Waals surface area (Å²) in [5.41, 5.74) is 6.16. The monoisotopic (exact) mass is 261 g/mol. The molecule has 0 atom stereocenters. The van der Waals surface area contributed by atoms with Crippen molar-refractivity contribution in [3.63, 3.8) is 0 Å². The topological polar surface area (TPSA) is 72.5 Å². The van der Waals surface area contributed by atoms with Crippen molar-refractivity contribution in [2.45, 2.75) is 6.92 Å². The average molecular weight is 261 g/mol. The number of carbonyl (C=O) groups is 1. The molecule has 0 unspecified atom stereocenters. The zero-order chi connectivity index (χ0) is 14.0. The number of nitrogen functional groups attached to an aromatic ring is 1. The van der Waals surface area contributed by atoms with E-state index in [1.807, 2.05) is 0 Å². The van der Waals surface area contributed by atoms with Crippen LogP contribution in [0.3, 0.4) is 0 Å². The Kier molecular flexibility index (Phi) is 3.37. The van der Waals surface area contributed by atoms with E-state index < -0.39 is 11.8 Å². The van der Waals surface area contributed by atoms with Gasteiger partial charge in [-0.1, -0.05) is 12.1 Å². The Morgan fingerprint density at radius 1 is 1.32 bits per heavy atom. The summed E-state index contributed by atoms with van der Waals surface area (Å²) in [5.74, 6) is -1.09. The lowest BCUT2D eigenvalue weighted by Gasteiger charge is -2.10. The van der Waals surface area contributed by atoms with Crippen molar-refractivity contribution in [3.8, 4) is 11.5 Å².